The Hall–Kier alpha value is -2.35. The zero-order chi connectivity index (χ0) is 27.4. The smallest absolute Gasteiger partial charge is 1.00 e. The standard InChI is InChI=1S/2C19H19.2ClH.Ti/c2*1-19(2,3)18-10-8-14(9-11-18)17-12-15-6-4-5-7-16(15)13-17;;;/h2*4-13H,1-3H3;2*1H;/q;;;;+2/p-2. The van der Waals surface area contributed by atoms with E-state index in [1.54, 1.807) is 0 Å². The molecular formula is C38H38Cl2Ti. The van der Waals surface area contributed by atoms with Gasteiger partial charge in [0.2, 0.25) is 0 Å². The number of fused-ring (bicyclic) bond motifs is 2. The van der Waals surface area contributed by atoms with Crippen LogP contribution < -0.4 is 24.8 Å². The fourth-order valence-corrected chi connectivity index (χ4v) is 9.24. The van der Waals surface area contributed by atoms with Crippen LogP contribution >= 0.6 is 0 Å². The molecule has 0 radical (unpaired) electrons. The van der Waals surface area contributed by atoms with Crippen molar-refractivity contribution < 1.29 is 44.0 Å². The van der Waals surface area contributed by atoms with Crippen molar-refractivity contribution in [3.05, 3.63) is 142 Å². The fourth-order valence-electron chi connectivity index (χ4n) is 6.00. The predicted molar refractivity (Wildman–Crippen MR) is 164 cm³/mol. The van der Waals surface area contributed by atoms with Crippen molar-refractivity contribution in [1.29, 1.82) is 0 Å². The van der Waals surface area contributed by atoms with Crippen LogP contribution in [0.5, 0.6) is 0 Å². The first-order valence-electron chi connectivity index (χ1n) is 14.2. The van der Waals surface area contributed by atoms with E-state index in [1.807, 2.05) is 0 Å². The van der Waals surface area contributed by atoms with Gasteiger partial charge in [-0.15, -0.1) is 0 Å². The van der Waals surface area contributed by atoms with Crippen molar-refractivity contribution in [1.82, 2.24) is 0 Å². The molecule has 4 aromatic rings. The minimum atomic E-state index is -0.475. The molecule has 6 rings (SSSR count). The van der Waals surface area contributed by atoms with E-state index in [0.717, 1.165) is 0 Å². The maximum absolute atomic E-state index is 2.47. The molecule has 0 aliphatic heterocycles. The van der Waals surface area contributed by atoms with Crippen molar-refractivity contribution in [2.45, 2.75) is 60.8 Å². The average Bonchev–Trinajstić information content (AvgIpc) is 3.47. The second-order valence-corrected chi connectivity index (χ2v) is 15.5. The Morgan fingerprint density at radius 2 is 0.805 bits per heavy atom. The third-order valence-corrected chi connectivity index (χ3v) is 11.3. The van der Waals surface area contributed by atoms with E-state index in [2.05, 4.69) is 151 Å². The molecular weight excluding hydrogens is 575 g/mol. The molecule has 0 nitrogen and oxygen atoms in total. The summed E-state index contributed by atoms with van der Waals surface area (Å²) < 4.78 is 0.963. The van der Waals surface area contributed by atoms with Gasteiger partial charge >= 0.3 is 245 Å². The third kappa shape index (κ3) is 6.23. The second kappa shape index (κ2) is 12.1. The van der Waals surface area contributed by atoms with E-state index in [-0.39, 0.29) is 35.6 Å². The number of halogens is 2. The maximum Gasteiger partial charge on any atom is -1.00 e. The summed E-state index contributed by atoms with van der Waals surface area (Å²) in [4.78, 5) is 0. The number of hydrogen-bond donors (Lipinski definition) is 0. The van der Waals surface area contributed by atoms with Crippen LogP contribution in [-0.2, 0) is 30.0 Å². The Balaban J connectivity index is 0.00000194. The molecule has 208 valence electrons. The average molecular weight is 613 g/mol. The van der Waals surface area contributed by atoms with Crippen molar-refractivity contribution in [2.75, 3.05) is 0 Å². The summed E-state index contributed by atoms with van der Waals surface area (Å²) in [5.74, 6) is 0. The molecule has 0 saturated carbocycles. The van der Waals surface area contributed by atoms with Gasteiger partial charge in [0.15, 0.2) is 0 Å². The van der Waals surface area contributed by atoms with E-state index in [9.17, 15) is 0 Å². The second-order valence-electron chi connectivity index (χ2n) is 13.1. The molecule has 2 aliphatic carbocycles. The summed E-state index contributed by atoms with van der Waals surface area (Å²) >= 11 is -0.475. The van der Waals surface area contributed by atoms with Crippen LogP contribution in [-0.4, -0.2) is 0 Å². The first kappa shape index (κ1) is 31.6. The molecule has 2 aliphatic rings. The molecule has 0 heterocycles. The van der Waals surface area contributed by atoms with Crippen LogP contribution in [0.3, 0.4) is 0 Å². The molecule has 0 spiro atoms. The molecule has 2 atom stereocenters. The Kier molecular flexibility index (Phi) is 9.32. The van der Waals surface area contributed by atoms with Gasteiger partial charge in [-0.25, -0.2) is 0 Å². The topological polar surface area (TPSA) is 0 Å². The van der Waals surface area contributed by atoms with Crippen molar-refractivity contribution >= 4 is 23.3 Å². The quantitative estimate of drug-likeness (QED) is 0.302. The number of rotatable bonds is 4. The Labute approximate surface area is 268 Å². The number of hydrogen-bond acceptors (Lipinski definition) is 0. The largest absolute Gasteiger partial charge is 1.00 e. The summed E-state index contributed by atoms with van der Waals surface area (Å²) in [6.07, 6.45) is 4.94. The van der Waals surface area contributed by atoms with Gasteiger partial charge in [-0.2, -0.15) is 0 Å². The van der Waals surface area contributed by atoms with Gasteiger partial charge in [0.1, 0.15) is 0 Å². The molecule has 0 bridgehead atoms. The van der Waals surface area contributed by atoms with Gasteiger partial charge in [-0.1, -0.05) is 0 Å². The number of benzene rings is 4. The summed E-state index contributed by atoms with van der Waals surface area (Å²) in [7, 11) is 0. The Morgan fingerprint density at radius 1 is 0.463 bits per heavy atom. The Bertz CT molecular complexity index is 1460. The normalized spacial score (nSPS) is 17.3. The fraction of sp³-hybridized carbons (Fsp3) is 0.263. The molecule has 0 saturated heterocycles. The summed E-state index contributed by atoms with van der Waals surface area (Å²) in [5.41, 5.74) is 14.7. The minimum absolute atomic E-state index is 0. The maximum atomic E-state index is 2.47. The van der Waals surface area contributed by atoms with Gasteiger partial charge in [0.25, 0.3) is 0 Å². The summed E-state index contributed by atoms with van der Waals surface area (Å²) in [5, 5.41) is 0. The third-order valence-electron chi connectivity index (χ3n) is 8.36. The minimum Gasteiger partial charge on any atom is -1.00 e. The van der Waals surface area contributed by atoms with Crippen molar-refractivity contribution in [3.8, 4) is 0 Å². The van der Waals surface area contributed by atoms with Crippen LogP contribution in [0.4, 0.5) is 0 Å². The Morgan fingerprint density at radius 3 is 1.15 bits per heavy atom. The van der Waals surface area contributed by atoms with Crippen LogP contribution in [0.15, 0.2) is 97.1 Å². The monoisotopic (exact) mass is 612 g/mol. The van der Waals surface area contributed by atoms with Gasteiger partial charge in [0, 0.05) is 0 Å². The summed E-state index contributed by atoms with van der Waals surface area (Å²) in [6, 6.07) is 37.0. The van der Waals surface area contributed by atoms with Gasteiger partial charge < -0.3 is 24.8 Å². The van der Waals surface area contributed by atoms with E-state index in [4.69, 9.17) is 0 Å². The molecule has 0 aromatic heterocycles. The van der Waals surface area contributed by atoms with E-state index in [1.165, 1.54) is 55.7 Å². The van der Waals surface area contributed by atoms with Crippen LogP contribution in [0, 0.1) is 0 Å². The molecule has 0 amide bonds. The van der Waals surface area contributed by atoms with Crippen molar-refractivity contribution in [2.24, 2.45) is 0 Å². The molecule has 4 aromatic carbocycles. The molecule has 2 unspecified atom stereocenters. The first-order valence-corrected chi connectivity index (χ1v) is 16.0. The van der Waals surface area contributed by atoms with Crippen LogP contribution in [0.2, 0.25) is 0 Å². The van der Waals surface area contributed by atoms with E-state index in [0.29, 0.717) is 8.45 Å². The molecule has 0 fully saturated rings. The molecule has 0 N–H and O–H groups in total. The van der Waals surface area contributed by atoms with Gasteiger partial charge in [-0.05, 0) is 0 Å². The molecule has 3 heteroatoms. The van der Waals surface area contributed by atoms with Crippen LogP contribution in [0.1, 0.15) is 94.5 Å². The van der Waals surface area contributed by atoms with Gasteiger partial charge in [-0.3, -0.25) is 0 Å². The predicted octanol–water partition coefficient (Wildman–Crippen LogP) is 4.26. The van der Waals surface area contributed by atoms with E-state index < -0.39 is 19.2 Å². The first-order chi connectivity index (χ1) is 18.6. The summed E-state index contributed by atoms with van der Waals surface area (Å²) in [6.45, 7) is 13.8. The zero-order valence-electron chi connectivity index (χ0n) is 24.8. The zero-order valence-corrected chi connectivity index (χ0v) is 27.9. The van der Waals surface area contributed by atoms with Crippen LogP contribution in [0.25, 0.3) is 23.3 Å². The van der Waals surface area contributed by atoms with E-state index >= 15 is 0 Å². The van der Waals surface area contributed by atoms with Gasteiger partial charge in [0.05, 0.1) is 0 Å². The van der Waals surface area contributed by atoms with Crippen molar-refractivity contribution in [3.63, 3.8) is 0 Å². The SMILES string of the molecule is CC(C)(C)c1ccc(C2=Cc3ccccc3[CH]2[Ti+2][CH]2C(c3ccc(C(C)(C)C)cc3)=Cc3ccccc32)cc1.[Cl-].[Cl-]. The molecule has 41 heavy (non-hydrogen) atoms. The number of allylic oxidation sites excluding steroid dienone is 2.